The summed E-state index contributed by atoms with van der Waals surface area (Å²) in [5.41, 5.74) is 3.15. The molecule has 3 nitrogen and oxygen atoms in total. The number of ether oxygens (including phenoxy) is 1. The van der Waals surface area contributed by atoms with Gasteiger partial charge in [0.2, 0.25) is 0 Å². The monoisotopic (exact) mass is 316 g/mol. The Balaban J connectivity index is 1.96. The molecule has 96 valence electrons. The molecular weight excluding hydrogens is 304 g/mol. The van der Waals surface area contributed by atoms with Gasteiger partial charge in [-0.05, 0) is 24.3 Å². The predicted octanol–water partition coefficient (Wildman–Crippen LogP) is 3.92. The van der Waals surface area contributed by atoms with E-state index in [1.54, 1.807) is 7.11 Å². The Morgan fingerprint density at radius 3 is 2.89 bits per heavy atom. The van der Waals surface area contributed by atoms with Crippen LogP contribution in [0.3, 0.4) is 0 Å². The minimum Gasteiger partial charge on any atom is -0.496 e. The summed E-state index contributed by atoms with van der Waals surface area (Å²) in [4.78, 5) is 7.93. The highest BCUT2D eigenvalue weighted by molar-refractivity contribution is 9.10. The number of fused-ring (bicyclic) bond motifs is 1. The number of methoxy groups -OCH3 is 1. The van der Waals surface area contributed by atoms with Crippen molar-refractivity contribution in [3.63, 3.8) is 0 Å². The van der Waals surface area contributed by atoms with Crippen molar-refractivity contribution in [3.05, 3.63) is 58.3 Å². The van der Waals surface area contributed by atoms with Crippen LogP contribution in [-0.2, 0) is 6.42 Å². The molecule has 0 radical (unpaired) electrons. The van der Waals surface area contributed by atoms with Gasteiger partial charge in [0.25, 0.3) is 0 Å². The summed E-state index contributed by atoms with van der Waals surface area (Å²) in [5, 5.41) is 0. The lowest BCUT2D eigenvalue weighted by Crippen LogP contribution is -1.94. The zero-order chi connectivity index (χ0) is 13.2. The minimum absolute atomic E-state index is 0.732. The van der Waals surface area contributed by atoms with Gasteiger partial charge in [0, 0.05) is 16.5 Å². The van der Waals surface area contributed by atoms with Crippen LogP contribution in [0.2, 0.25) is 0 Å². The van der Waals surface area contributed by atoms with Crippen LogP contribution in [-0.4, -0.2) is 17.1 Å². The van der Waals surface area contributed by atoms with Crippen molar-refractivity contribution in [2.45, 2.75) is 6.42 Å². The minimum atomic E-state index is 0.732. The first kappa shape index (κ1) is 12.2. The zero-order valence-electron chi connectivity index (χ0n) is 10.5. The van der Waals surface area contributed by atoms with Crippen LogP contribution >= 0.6 is 15.9 Å². The smallest absolute Gasteiger partial charge is 0.122 e. The molecule has 0 spiro atoms. The van der Waals surface area contributed by atoms with E-state index in [1.807, 2.05) is 36.4 Å². The Hall–Kier alpha value is -1.81. The number of H-pyrrole nitrogens is 1. The van der Waals surface area contributed by atoms with Crippen molar-refractivity contribution in [2.75, 3.05) is 7.11 Å². The molecule has 0 fully saturated rings. The van der Waals surface area contributed by atoms with E-state index in [1.165, 1.54) is 0 Å². The van der Waals surface area contributed by atoms with Crippen molar-refractivity contribution in [1.82, 2.24) is 9.97 Å². The van der Waals surface area contributed by atoms with E-state index in [9.17, 15) is 0 Å². The number of aromatic amines is 1. The lowest BCUT2D eigenvalue weighted by molar-refractivity contribution is 0.410. The van der Waals surface area contributed by atoms with E-state index in [0.717, 1.165) is 39.1 Å². The molecule has 2 aromatic carbocycles. The van der Waals surface area contributed by atoms with Gasteiger partial charge in [0.15, 0.2) is 0 Å². The number of rotatable bonds is 3. The van der Waals surface area contributed by atoms with Crippen LogP contribution in [0.25, 0.3) is 11.0 Å². The summed E-state index contributed by atoms with van der Waals surface area (Å²) in [6, 6.07) is 14.0. The van der Waals surface area contributed by atoms with Crippen molar-refractivity contribution >= 4 is 27.0 Å². The van der Waals surface area contributed by atoms with E-state index >= 15 is 0 Å². The standard InChI is InChI=1S/C15H13BrN2O/c1-19-14-5-3-2-4-10(14)8-15-17-12-7-6-11(16)9-13(12)18-15/h2-7,9H,8H2,1H3,(H,17,18). The Kier molecular flexibility index (Phi) is 3.25. The molecule has 1 N–H and O–H groups in total. The predicted molar refractivity (Wildman–Crippen MR) is 79.6 cm³/mol. The Morgan fingerprint density at radius 2 is 2.05 bits per heavy atom. The molecule has 0 aliphatic carbocycles. The van der Waals surface area contributed by atoms with E-state index in [-0.39, 0.29) is 0 Å². The normalized spacial score (nSPS) is 10.8. The van der Waals surface area contributed by atoms with Crippen LogP contribution in [0.1, 0.15) is 11.4 Å². The van der Waals surface area contributed by atoms with Crippen LogP contribution in [0.4, 0.5) is 0 Å². The summed E-state index contributed by atoms with van der Waals surface area (Å²) in [6.45, 7) is 0. The van der Waals surface area contributed by atoms with Crippen LogP contribution < -0.4 is 4.74 Å². The molecule has 1 aromatic heterocycles. The third kappa shape index (κ3) is 2.49. The summed E-state index contributed by atoms with van der Waals surface area (Å²) < 4.78 is 6.41. The van der Waals surface area contributed by atoms with E-state index in [0.29, 0.717) is 0 Å². The molecule has 0 saturated heterocycles. The second kappa shape index (κ2) is 5.05. The Morgan fingerprint density at radius 1 is 1.21 bits per heavy atom. The summed E-state index contributed by atoms with van der Waals surface area (Å²) in [6.07, 6.45) is 0.732. The highest BCUT2D eigenvalue weighted by Crippen LogP contribution is 2.22. The highest BCUT2D eigenvalue weighted by Gasteiger charge is 2.07. The van der Waals surface area contributed by atoms with Crippen molar-refractivity contribution < 1.29 is 4.74 Å². The first-order valence-electron chi connectivity index (χ1n) is 6.02. The summed E-state index contributed by atoms with van der Waals surface area (Å²) in [5.74, 6) is 1.83. The topological polar surface area (TPSA) is 37.9 Å². The lowest BCUT2D eigenvalue weighted by Gasteiger charge is -2.05. The van der Waals surface area contributed by atoms with Crippen LogP contribution in [0.5, 0.6) is 5.75 Å². The summed E-state index contributed by atoms with van der Waals surface area (Å²) >= 11 is 3.46. The first-order chi connectivity index (χ1) is 9.26. The highest BCUT2D eigenvalue weighted by atomic mass is 79.9. The fourth-order valence-electron chi connectivity index (χ4n) is 2.15. The molecule has 19 heavy (non-hydrogen) atoms. The average Bonchev–Trinajstić information content (AvgIpc) is 2.80. The SMILES string of the molecule is COc1ccccc1Cc1nc2ccc(Br)cc2[nH]1. The lowest BCUT2D eigenvalue weighted by atomic mass is 10.1. The van der Waals surface area contributed by atoms with Crippen molar-refractivity contribution in [3.8, 4) is 5.75 Å². The van der Waals surface area contributed by atoms with E-state index in [4.69, 9.17) is 4.74 Å². The van der Waals surface area contributed by atoms with Gasteiger partial charge in [-0.2, -0.15) is 0 Å². The largest absolute Gasteiger partial charge is 0.496 e. The average molecular weight is 317 g/mol. The number of nitrogens with zero attached hydrogens (tertiary/aromatic N) is 1. The second-order valence-electron chi connectivity index (χ2n) is 4.33. The fraction of sp³-hybridized carbons (Fsp3) is 0.133. The van der Waals surface area contributed by atoms with Gasteiger partial charge in [-0.1, -0.05) is 34.1 Å². The molecule has 0 amide bonds. The Bertz CT molecular complexity index is 721. The zero-order valence-corrected chi connectivity index (χ0v) is 12.1. The molecule has 0 unspecified atom stereocenters. The quantitative estimate of drug-likeness (QED) is 0.795. The molecule has 0 bridgehead atoms. The molecule has 3 aromatic rings. The van der Waals surface area contributed by atoms with Crippen LogP contribution in [0.15, 0.2) is 46.9 Å². The van der Waals surface area contributed by atoms with E-state index in [2.05, 4.69) is 32.0 Å². The van der Waals surface area contributed by atoms with Crippen LogP contribution in [0, 0.1) is 0 Å². The van der Waals surface area contributed by atoms with Gasteiger partial charge in [-0.25, -0.2) is 4.98 Å². The number of hydrogen-bond acceptors (Lipinski definition) is 2. The maximum absolute atomic E-state index is 5.36. The molecule has 0 saturated carbocycles. The van der Waals surface area contributed by atoms with Gasteiger partial charge in [0.1, 0.15) is 11.6 Å². The van der Waals surface area contributed by atoms with Gasteiger partial charge >= 0.3 is 0 Å². The number of para-hydroxylation sites is 1. The number of benzene rings is 2. The fourth-order valence-corrected chi connectivity index (χ4v) is 2.51. The first-order valence-corrected chi connectivity index (χ1v) is 6.81. The van der Waals surface area contributed by atoms with Gasteiger partial charge in [0.05, 0.1) is 18.1 Å². The number of hydrogen-bond donors (Lipinski definition) is 1. The maximum Gasteiger partial charge on any atom is 0.122 e. The van der Waals surface area contributed by atoms with Gasteiger partial charge in [-0.3, -0.25) is 0 Å². The third-order valence-corrected chi connectivity index (χ3v) is 3.54. The van der Waals surface area contributed by atoms with Crippen molar-refractivity contribution in [2.24, 2.45) is 0 Å². The number of imidazole rings is 1. The van der Waals surface area contributed by atoms with E-state index < -0.39 is 0 Å². The Labute approximate surface area is 119 Å². The molecular formula is C15H13BrN2O. The molecule has 4 heteroatoms. The molecule has 3 rings (SSSR count). The third-order valence-electron chi connectivity index (χ3n) is 3.04. The number of nitrogens with one attached hydrogen (secondary N) is 1. The molecule has 1 heterocycles. The number of aromatic nitrogens is 2. The summed E-state index contributed by atoms with van der Waals surface area (Å²) in [7, 11) is 1.69. The van der Waals surface area contributed by atoms with Crippen molar-refractivity contribution in [1.29, 1.82) is 0 Å². The second-order valence-corrected chi connectivity index (χ2v) is 5.25. The number of halogens is 1. The maximum atomic E-state index is 5.36. The van der Waals surface area contributed by atoms with Gasteiger partial charge in [-0.15, -0.1) is 0 Å². The molecule has 0 aliphatic heterocycles. The van der Waals surface area contributed by atoms with Gasteiger partial charge < -0.3 is 9.72 Å². The molecule has 0 atom stereocenters. The molecule has 0 aliphatic rings.